The Labute approximate surface area is 247 Å². The third-order valence-electron chi connectivity index (χ3n) is 7.22. The van der Waals surface area contributed by atoms with E-state index in [1.165, 1.54) is 31.6 Å². The lowest BCUT2D eigenvalue weighted by Crippen LogP contribution is -2.13. The van der Waals surface area contributed by atoms with Gasteiger partial charge in [0.15, 0.2) is 0 Å². The molecule has 0 saturated heterocycles. The summed E-state index contributed by atoms with van der Waals surface area (Å²) in [4.78, 5) is 13.7. The number of rotatable bonds is 5. The highest BCUT2D eigenvalue weighted by molar-refractivity contribution is 6.23. The van der Waals surface area contributed by atoms with Gasteiger partial charge in [-0.05, 0) is 23.3 Å². The van der Waals surface area contributed by atoms with Gasteiger partial charge < -0.3 is 4.84 Å². The fourth-order valence-corrected chi connectivity index (χ4v) is 5.43. The van der Waals surface area contributed by atoms with E-state index in [1.807, 2.05) is 0 Å². The molecule has 2 heterocycles. The second-order valence-corrected chi connectivity index (χ2v) is 9.85. The van der Waals surface area contributed by atoms with Gasteiger partial charge in [0.25, 0.3) is 0 Å². The molecule has 0 fully saturated rings. The van der Waals surface area contributed by atoms with Crippen LogP contribution in [0.25, 0.3) is 44.1 Å². The molecule has 0 amide bonds. The Balaban J connectivity index is 1.73. The lowest BCUT2D eigenvalue weighted by molar-refractivity contribution is -0.137. The molecular formula is C34H21F6N3O. The Morgan fingerprint density at radius 3 is 1.34 bits per heavy atom. The lowest BCUT2D eigenvalue weighted by Gasteiger charge is -2.20. The molecule has 4 nitrogen and oxygen atoms in total. The van der Waals surface area contributed by atoms with Crippen molar-refractivity contribution in [1.82, 2.24) is 9.97 Å². The van der Waals surface area contributed by atoms with E-state index in [0.29, 0.717) is 33.4 Å². The van der Waals surface area contributed by atoms with Crippen molar-refractivity contribution in [3.05, 3.63) is 132 Å². The predicted octanol–water partition coefficient (Wildman–Crippen LogP) is 9.55. The fraction of sp³-hybridized carbons (Fsp3) is 0.0882. The average molecular weight is 602 g/mol. The zero-order valence-corrected chi connectivity index (χ0v) is 22.9. The third kappa shape index (κ3) is 5.12. The van der Waals surface area contributed by atoms with Crippen LogP contribution in [0.5, 0.6) is 0 Å². The van der Waals surface area contributed by atoms with Crippen LogP contribution in [0.1, 0.15) is 22.3 Å². The van der Waals surface area contributed by atoms with Crippen LogP contribution in [-0.4, -0.2) is 22.8 Å². The zero-order chi connectivity index (χ0) is 31.1. The maximum Gasteiger partial charge on any atom is 0.418 e. The molecule has 220 valence electrons. The van der Waals surface area contributed by atoms with Gasteiger partial charge in [-0.1, -0.05) is 90.1 Å². The van der Waals surface area contributed by atoms with E-state index in [0.717, 1.165) is 12.1 Å². The molecule has 6 aromatic rings. The normalized spacial score (nSPS) is 12.0. The molecule has 0 bridgehead atoms. The van der Waals surface area contributed by atoms with E-state index >= 15 is 0 Å². The van der Waals surface area contributed by atoms with Crippen molar-refractivity contribution in [2.75, 3.05) is 7.11 Å². The minimum absolute atomic E-state index is 0.129. The van der Waals surface area contributed by atoms with Crippen molar-refractivity contribution in [2.45, 2.75) is 12.4 Å². The second kappa shape index (κ2) is 11.1. The van der Waals surface area contributed by atoms with E-state index in [2.05, 4.69) is 15.1 Å². The van der Waals surface area contributed by atoms with Gasteiger partial charge in [0.1, 0.15) is 12.8 Å². The first-order valence-corrected chi connectivity index (χ1v) is 13.3. The number of nitrogens with zero attached hydrogens (tertiary/aromatic N) is 3. The Morgan fingerprint density at radius 1 is 0.568 bits per heavy atom. The van der Waals surface area contributed by atoms with E-state index in [-0.39, 0.29) is 27.5 Å². The second-order valence-electron chi connectivity index (χ2n) is 9.85. The number of aromatic nitrogens is 2. The first kappa shape index (κ1) is 28.9. The van der Waals surface area contributed by atoms with E-state index in [9.17, 15) is 26.3 Å². The molecule has 44 heavy (non-hydrogen) atoms. The first-order chi connectivity index (χ1) is 21.1. The number of alkyl halides is 6. The summed E-state index contributed by atoms with van der Waals surface area (Å²) in [6, 6.07) is 25.2. The van der Waals surface area contributed by atoms with Gasteiger partial charge in [0.2, 0.25) is 0 Å². The SMILES string of the molecule is CON=C(c1cnc2c(C(F)(F)F)cccc2c1-c1ccccc1)c1cnc2c(C(F)(F)F)cccc2c1-c1ccccc1. The van der Waals surface area contributed by atoms with Gasteiger partial charge in [-0.2, -0.15) is 26.3 Å². The number of oxime groups is 1. The van der Waals surface area contributed by atoms with Crippen molar-refractivity contribution < 1.29 is 31.2 Å². The van der Waals surface area contributed by atoms with Gasteiger partial charge in [-0.3, -0.25) is 9.97 Å². The number of halogens is 6. The smallest absolute Gasteiger partial charge is 0.399 e. The molecule has 10 heteroatoms. The molecule has 0 aliphatic heterocycles. The van der Waals surface area contributed by atoms with Crippen LogP contribution in [0.15, 0.2) is 115 Å². The number of para-hydroxylation sites is 2. The van der Waals surface area contributed by atoms with Crippen LogP contribution in [-0.2, 0) is 17.2 Å². The molecule has 0 radical (unpaired) electrons. The summed E-state index contributed by atoms with van der Waals surface area (Å²) in [5, 5.41) is 4.70. The largest absolute Gasteiger partial charge is 0.418 e. The highest BCUT2D eigenvalue weighted by Gasteiger charge is 2.35. The summed E-state index contributed by atoms with van der Waals surface area (Å²) in [7, 11) is 1.30. The Bertz CT molecular complexity index is 1880. The Kier molecular flexibility index (Phi) is 7.28. The summed E-state index contributed by atoms with van der Waals surface area (Å²) in [5.41, 5.74) is 0.348. The van der Waals surface area contributed by atoms with Crippen molar-refractivity contribution in [3.63, 3.8) is 0 Å². The summed E-state index contributed by atoms with van der Waals surface area (Å²) >= 11 is 0. The van der Waals surface area contributed by atoms with Gasteiger partial charge >= 0.3 is 12.4 Å². The van der Waals surface area contributed by atoms with Crippen LogP contribution in [0, 0.1) is 0 Å². The van der Waals surface area contributed by atoms with Crippen molar-refractivity contribution in [3.8, 4) is 22.3 Å². The molecule has 0 spiro atoms. The van der Waals surface area contributed by atoms with E-state index in [1.54, 1.807) is 72.8 Å². The maximum absolute atomic E-state index is 14.0. The number of fused-ring (bicyclic) bond motifs is 2. The molecule has 0 unspecified atom stereocenters. The third-order valence-corrected chi connectivity index (χ3v) is 7.22. The topological polar surface area (TPSA) is 47.4 Å². The molecule has 0 saturated carbocycles. The highest BCUT2D eigenvalue weighted by atomic mass is 19.4. The standard InChI is InChI=1S/C34H21F6N3O/c1-44-43-30(24-18-41-31-22(14-8-16-26(31)33(35,36)37)28(24)20-10-4-2-5-11-20)25-19-42-32-23(15-9-17-27(32)34(38,39)40)29(25)21-12-6-3-7-13-21/h2-19H,1H3. The molecule has 4 aromatic carbocycles. The molecule has 0 aliphatic rings. The number of pyridine rings is 2. The highest BCUT2D eigenvalue weighted by Crippen LogP contribution is 2.42. The summed E-state index contributed by atoms with van der Waals surface area (Å²) in [6.45, 7) is 0. The van der Waals surface area contributed by atoms with Crippen LogP contribution >= 0.6 is 0 Å². The molecule has 6 rings (SSSR count). The summed E-state index contributed by atoms with van der Waals surface area (Å²) in [6.07, 6.45) is -6.76. The van der Waals surface area contributed by atoms with E-state index < -0.39 is 23.5 Å². The van der Waals surface area contributed by atoms with Crippen LogP contribution in [0.3, 0.4) is 0 Å². The van der Waals surface area contributed by atoms with Crippen LogP contribution in [0.4, 0.5) is 26.3 Å². The van der Waals surface area contributed by atoms with Gasteiger partial charge in [0.05, 0.1) is 22.2 Å². The first-order valence-electron chi connectivity index (χ1n) is 13.3. The Morgan fingerprint density at radius 2 is 0.977 bits per heavy atom. The van der Waals surface area contributed by atoms with Crippen molar-refractivity contribution in [2.24, 2.45) is 5.16 Å². The van der Waals surface area contributed by atoms with Gasteiger partial charge in [-0.15, -0.1) is 0 Å². The quantitative estimate of drug-likeness (QED) is 0.112. The maximum atomic E-state index is 14.0. The minimum Gasteiger partial charge on any atom is -0.399 e. The minimum atomic E-state index is -4.66. The molecule has 0 atom stereocenters. The number of hydrogen-bond donors (Lipinski definition) is 0. The van der Waals surface area contributed by atoms with E-state index in [4.69, 9.17) is 4.84 Å². The van der Waals surface area contributed by atoms with Gasteiger partial charge in [-0.25, -0.2) is 0 Å². The fourth-order valence-electron chi connectivity index (χ4n) is 5.43. The van der Waals surface area contributed by atoms with Crippen molar-refractivity contribution in [1.29, 1.82) is 0 Å². The van der Waals surface area contributed by atoms with Crippen LogP contribution in [0.2, 0.25) is 0 Å². The summed E-state index contributed by atoms with van der Waals surface area (Å²) < 4.78 is 84.2. The van der Waals surface area contributed by atoms with Crippen molar-refractivity contribution >= 4 is 27.5 Å². The Hall–Kier alpha value is -5.25. The number of benzene rings is 4. The average Bonchev–Trinajstić information content (AvgIpc) is 3.02. The molecule has 0 aliphatic carbocycles. The van der Waals surface area contributed by atoms with Gasteiger partial charge in [0, 0.05) is 45.4 Å². The molecular weight excluding hydrogens is 580 g/mol. The lowest BCUT2D eigenvalue weighted by atomic mass is 9.87. The molecule has 0 N–H and O–H groups in total. The van der Waals surface area contributed by atoms with Crippen LogP contribution < -0.4 is 0 Å². The zero-order valence-electron chi connectivity index (χ0n) is 22.9. The monoisotopic (exact) mass is 601 g/mol. The number of hydrogen-bond acceptors (Lipinski definition) is 4. The summed E-state index contributed by atoms with van der Waals surface area (Å²) in [5.74, 6) is 0. The predicted molar refractivity (Wildman–Crippen MR) is 157 cm³/mol. The molecule has 2 aromatic heterocycles.